The molecule has 1 aliphatic rings. The molecule has 2 aromatic rings. The average molecular weight is 398 g/mol. The topological polar surface area (TPSA) is 135 Å². The molecular weight excluding hydrogens is 372 g/mol. The van der Waals surface area contributed by atoms with Crippen molar-refractivity contribution < 1.29 is 14.9 Å². The third-order valence-corrected chi connectivity index (χ3v) is 5.12. The Balaban J connectivity index is 2.17. The van der Waals surface area contributed by atoms with Crippen molar-refractivity contribution in [3.05, 3.63) is 33.4 Å². The number of ether oxygens (including phenoxy) is 1. The Labute approximate surface area is 168 Å². The number of aromatic nitrogens is 2. The van der Waals surface area contributed by atoms with E-state index in [4.69, 9.17) is 15.6 Å². The fourth-order valence-corrected chi connectivity index (χ4v) is 3.15. The van der Waals surface area contributed by atoms with Crippen LogP contribution in [-0.2, 0) is 11.8 Å². The van der Waals surface area contributed by atoms with Crippen LogP contribution in [0, 0.1) is 35.5 Å². The normalized spacial score (nSPS) is 16.1. The first-order valence-corrected chi connectivity index (χ1v) is 9.38. The van der Waals surface area contributed by atoms with Gasteiger partial charge in [0.05, 0.1) is 11.1 Å². The average Bonchev–Trinajstić information content (AvgIpc) is 3.39. The minimum absolute atomic E-state index is 0.138. The molecule has 154 valence electrons. The van der Waals surface area contributed by atoms with Gasteiger partial charge in [0.15, 0.2) is 0 Å². The van der Waals surface area contributed by atoms with E-state index in [1.807, 2.05) is 0 Å². The van der Waals surface area contributed by atoms with Crippen LogP contribution in [0.15, 0.2) is 11.0 Å². The van der Waals surface area contributed by atoms with Crippen LogP contribution in [0.2, 0.25) is 0 Å². The SMILES string of the molecule is Cc1[nH]c2c(=O)n(C)cc(C#CC(C)(O)C3CC3)c2c1C(=N)OC(=N)C(C)(C)O. The lowest BCUT2D eigenvalue weighted by Crippen LogP contribution is -2.34. The number of aromatic amines is 1. The number of fused-ring (bicyclic) bond motifs is 1. The van der Waals surface area contributed by atoms with Crippen LogP contribution in [0.3, 0.4) is 0 Å². The van der Waals surface area contributed by atoms with Gasteiger partial charge in [-0.1, -0.05) is 11.8 Å². The predicted octanol–water partition coefficient (Wildman–Crippen LogP) is 1.78. The van der Waals surface area contributed by atoms with Gasteiger partial charge in [0.2, 0.25) is 11.8 Å². The Morgan fingerprint density at radius 2 is 1.93 bits per heavy atom. The molecule has 1 atom stereocenters. The van der Waals surface area contributed by atoms with Crippen molar-refractivity contribution in [2.24, 2.45) is 13.0 Å². The van der Waals surface area contributed by atoms with Crippen LogP contribution < -0.4 is 5.56 Å². The Morgan fingerprint density at radius 3 is 2.48 bits per heavy atom. The van der Waals surface area contributed by atoms with E-state index in [1.54, 1.807) is 27.1 Å². The van der Waals surface area contributed by atoms with Gasteiger partial charge in [-0.25, -0.2) is 0 Å². The fraction of sp³-hybridized carbons (Fsp3) is 0.476. The van der Waals surface area contributed by atoms with Gasteiger partial charge in [-0.15, -0.1) is 0 Å². The number of aryl methyl sites for hydroxylation is 2. The number of rotatable bonds is 3. The first-order chi connectivity index (χ1) is 13.3. The number of hydrogen-bond donors (Lipinski definition) is 5. The van der Waals surface area contributed by atoms with Gasteiger partial charge in [-0.3, -0.25) is 15.6 Å². The number of hydrogen-bond acceptors (Lipinski definition) is 6. The highest BCUT2D eigenvalue weighted by molar-refractivity contribution is 6.11. The summed E-state index contributed by atoms with van der Waals surface area (Å²) in [5, 5.41) is 37.0. The molecule has 0 radical (unpaired) electrons. The van der Waals surface area contributed by atoms with Crippen LogP contribution in [0.5, 0.6) is 0 Å². The van der Waals surface area contributed by atoms with Gasteiger partial charge in [0, 0.05) is 24.3 Å². The summed E-state index contributed by atoms with van der Waals surface area (Å²) in [5.41, 5.74) is -1.44. The van der Waals surface area contributed by atoms with Crippen molar-refractivity contribution in [3.63, 3.8) is 0 Å². The molecule has 0 bridgehead atoms. The second kappa shape index (κ2) is 6.87. The van der Waals surface area contributed by atoms with Crippen LogP contribution >= 0.6 is 0 Å². The second-order valence-electron chi connectivity index (χ2n) is 8.32. The number of nitrogens with zero attached hydrogens (tertiary/aromatic N) is 1. The number of nitrogens with one attached hydrogen (secondary N) is 3. The zero-order valence-corrected chi connectivity index (χ0v) is 17.2. The summed E-state index contributed by atoms with van der Waals surface area (Å²) in [4.78, 5) is 15.6. The lowest BCUT2D eigenvalue weighted by atomic mass is 10.00. The first kappa shape index (κ1) is 20.8. The van der Waals surface area contributed by atoms with E-state index in [9.17, 15) is 15.0 Å². The summed E-state index contributed by atoms with van der Waals surface area (Å²) in [7, 11) is 1.60. The van der Waals surface area contributed by atoms with Crippen molar-refractivity contribution in [1.82, 2.24) is 9.55 Å². The molecule has 8 nitrogen and oxygen atoms in total. The van der Waals surface area contributed by atoms with Crippen molar-refractivity contribution >= 4 is 22.7 Å². The molecule has 0 spiro atoms. The van der Waals surface area contributed by atoms with Gasteiger partial charge in [-0.2, -0.15) is 0 Å². The van der Waals surface area contributed by atoms with Crippen LogP contribution in [-0.4, -0.2) is 42.8 Å². The first-order valence-electron chi connectivity index (χ1n) is 9.38. The Morgan fingerprint density at radius 1 is 1.31 bits per heavy atom. The van der Waals surface area contributed by atoms with E-state index >= 15 is 0 Å². The van der Waals surface area contributed by atoms with Gasteiger partial charge in [0.25, 0.3) is 5.56 Å². The van der Waals surface area contributed by atoms with Gasteiger partial charge >= 0.3 is 0 Å². The van der Waals surface area contributed by atoms with E-state index in [-0.39, 0.29) is 22.9 Å². The summed E-state index contributed by atoms with van der Waals surface area (Å²) in [6.07, 6.45) is 3.42. The van der Waals surface area contributed by atoms with Crippen molar-refractivity contribution in [2.75, 3.05) is 0 Å². The van der Waals surface area contributed by atoms with E-state index in [0.717, 1.165) is 12.8 Å². The molecule has 0 aromatic carbocycles. The smallest absolute Gasteiger partial charge is 0.274 e. The molecule has 1 saturated carbocycles. The van der Waals surface area contributed by atoms with E-state index in [1.165, 1.54) is 18.4 Å². The third-order valence-electron chi connectivity index (χ3n) is 5.12. The van der Waals surface area contributed by atoms with E-state index in [0.29, 0.717) is 22.2 Å². The summed E-state index contributed by atoms with van der Waals surface area (Å²) in [6, 6.07) is 0. The standard InChI is InChI=1S/C21H26N4O4/c1-11-14(17(22)29-19(23)20(2,3)27)15-12(8-9-21(4,28)13-6-7-13)10-25(5)18(26)16(15)24-11/h10,13,22-24,27-28H,6-7H2,1-5H3. The molecule has 0 aliphatic heterocycles. The zero-order chi connectivity index (χ0) is 21.7. The minimum atomic E-state index is -1.55. The molecule has 8 heteroatoms. The largest absolute Gasteiger partial charge is 0.422 e. The third kappa shape index (κ3) is 3.97. The van der Waals surface area contributed by atoms with E-state index < -0.39 is 17.1 Å². The molecule has 2 heterocycles. The molecular formula is C21H26N4O4. The highest BCUT2D eigenvalue weighted by Gasteiger charge is 2.38. The molecule has 29 heavy (non-hydrogen) atoms. The highest BCUT2D eigenvalue weighted by Crippen LogP contribution is 2.39. The summed E-state index contributed by atoms with van der Waals surface area (Å²) < 4.78 is 6.65. The summed E-state index contributed by atoms with van der Waals surface area (Å²) >= 11 is 0. The minimum Gasteiger partial charge on any atom is -0.422 e. The number of H-pyrrole nitrogens is 1. The Kier molecular flexibility index (Phi) is 4.93. The summed E-state index contributed by atoms with van der Waals surface area (Å²) in [5.74, 6) is 5.16. The molecule has 0 saturated heterocycles. The maximum Gasteiger partial charge on any atom is 0.274 e. The van der Waals surface area contributed by atoms with Crippen LogP contribution in [0.25, 0.3) is 10.9 Å². The van der Waals surface area contributed by atoms with Gasteiger partial charge in [-0.05, 0) is 46.5 Å². The molecule has 1 aliphatic carbocycles. The van der Waals surface area contributed by atoms with Crippen LogP contribution in [0.4, 0.5) is 0 Å². The maximum atomic E-state index is 12.6. The van der Waals surface area contributed by atoms with E-state index in [2.05, 4.69) is 16.8 Å². The van der Waals surface area contributed by atoms with Crippen molar-refractivity contribution in [2.45, 2.75) is 51.7 Å². The maximum absolute atomic E-state index is 12.6. The highest BCUT2D eigenvalue weighted by atomic mass is 16.5. The number of aliphatic hydroxyl groups is 2. The Bertz CT molecular complexity index is 1130. The van der Waals surface area contributed by atoms with Gasteiger partial charge in [0.1, 0.15) is 16.7 Å². The number of pyridine rings is 1. The molecule has 5 N–H and O–H groups in total. The molecule has 1 unspecified atom stereocenters. The predicted molar refractivity (Wildman–Crippen MR) is 110 cm³/mol. The lowest BCUT2D eigenvalue weighted by Gasteiger charge is -2.19. The summed E-state index contributed by atoms with van der Waals surface area (Å²) in [6.45, 7) is 6.14. The lowest BCUT2D eigenvalue weighted by molar-refractivity contribution is 0.0980. The monoisotopic (exact) mass is 398 g/mol. The molecule has 2 aromatic heterocycles. The second-order valence-corrected chi connectivity index (χ2v) is 8.32. The fourth-order valence-electron chi connectivity index (χ4n) is 3.15. The molecule has 1 fully saturated rings. The van der Waals surface area contributed by atoms with Crippen LogP contribution in [0.1, 0.15) is 50.4 Å². The quantitative estimate of drug-likeness (QED) is 0.306. The molecule has 0 amide bonds. The van der Waals surface area contributed by atoms with Crippen molar-refractivity contribution in [3.8, 4) is 11.8 Å². The van der Waals surface area contributed by atoms with Gasteiger partial charge < -0.3 is 24.5 Å². The molecule has 3 rings (SSSR count). The zero-order valence-electron chi connectivity index (χ0n) is 17.2. The van der Waals surface area contributed by atoms with Crippen molar-refractivity contribution in [1.29, 1.82) is 10.8 Å². The Hall–Kier alpha value is -2.89.